The smallest absolute Gasteiger partial charge is 0.230 e. The lowest BCUT2D eigenvalue weighted by atomic mass is 10.1. The van der Waals surface area contributed by atoms with Crippen molar-refractivity contribution in [1.29, 1.82) is 0 Å². The van der Waals surface area contributed by atoms with Gasteiger partial charge < -0.3 is 10.2 Å². The summed E-state index contributed by atoms with van der Waals surface area (Å²) in [5, 5.41) is 3.16. The van der Waals surface area contributed by atoms with E-state index in [9.17, 15) is 4.79 Å². The maximum absolute atomic E-state index is 11.9. The van der Waals surface area contributed by atoms with Gasteiger partial charge in [-0.25, -0.2) is 0 Å². The minimum Gasteiger partial charge on any atom is -0.347 e. The Hall–Kier alpha value is -1.00. The first kappa shape index (κ1) is 14.4. The molecule has 1 aliphatic rings. The van der Waals surface area contributed by atoms with Gasteiger partial charge in [-0.1, -0.05) is 30.3 Å². The highest BCUT2D eigenvalue weighted by Gasteiger charge is 2.20. The molecule has 1 aromatic carbocycles. The summed E-state index contributed by atoms with van der Waals surface area (Å²) in [6, 6.07) is 10.4. The molecule has 0 aliphatic carbocycles. The summed E-state index contributed by atoms with van der Waals surface area (Å²) >= 11 is 1.56. The fourth-order valence-electron chi connectivity index (χ4n) is 2.51. The molecule has 1 aromatic rings. The quantitative estimate of drug-likeness (QED) is 0.866. The van der Waals surface area contributed by atoms with Crippen LogP contribution >= 0.6 is 11.8 Å². The van der Waals surface area contributed by atoms with Crippen molar-refractivity contribution in [3.63, 3.8) is 0 Å². The maximum Gasteiger partial charge on any atom is 0.230 e. The van der Waals surface area contributed by atoms with Gasteiger partial charge in [0.1, 0.15) is 0 Å². The van der Waals surface area contributed by atoms with Gasteiger partial charge in [-0.15, -0.1) is 0 Å². The lowest BCUT2D eigenvalue weighted by molar-refractivity contribution is -0.119. The standard InChI is InChI=1S/C15H22N2OS/c1-19-12-15(18)16-14(11-17-9-5-6-10-17)13-7-3-2-4-8-13/h2-4,7-8,14H,5-6,9-12H2,1H3,(H,16,18). The van der Waals surface area contributed by atoms with Crippen LogP contribution in [-0.4, -0.2) is 42.4 Å². The first-order valence-electron chi connectivity index (χ1n) is 6.85. The number of nitrogens with zero attached hydrogens (tertiary/aromatic N) is 1. The molecule has 0 radical (unpaired) electrons. The van der Waals surface area contributed by atoms with E-state index in [1.807, 2.05) is 24.5 Å². The van der Waals surface area contributed by atoms with Gasteiger partial charge in [0.2, 0.25) is 5.91 Å². The van der Waals surface area contributed by atoms with Crippen molar-refractivity contribution in [3.05, 3.63) is 35.9 Å². The second-order valence-corrected chi connectivity index (χ2v) is 5.84. The van der Waals surface area contributed by atoms with Gasteiger partial charge in [-0.05, 0) is 37.8 Å². The lowest BCUT2D eigenvalue weighted by Gasteiger charge is -2.24. The van der Waals surface area contributed by atoms with E-state index in [0.29, 0.717) is 5.75 Å². The normalized spacial score (nSPS) is 17.3. The molecule has 1 fully saturated rings. The molecule has 0 saturated carbocycles. The van der Waals surface area contributed by atoms with Crippen LogP contribution < -0.4 is 5.32 Å². The van der Waals surface area contributed by atoms with Crippen LogP contribution in [0.15, 0.2) is 30.3 Å². The molecular weight excluding hydrogens is 256 g/mol. The summed E-state index contributed by atoms with van der Waals surface area (Å²) in [4.78, 5) is 14.3. The van der Waals surface area contributed by atoms with Crippen LogP contribution in [0.3, 0.4) is 0 Å². The Bertz CT molecular complexity index is 390. The fourth-order valence-corrected chi connectivity index (χ4v) is 2.86. The summed E-state index contributed by atoms with van der Waals surface area (Å²) in [7, 11) is 0. The number of rotatable bonds is 6. The summed E-state index contributed by atoms with van der Waals surface area (Å²) < 4.78 is 0. The first-order chi connectivity index (χ1) is 9.29. The number of hydrogen-bond donors (Lipinski definition) is 1. The second-order valence-electron chi connectivity index (χ2n) is 4.97. The third-order valence-electron chi connectivity index (χ3n) is 3.45. The van der Waals surface area contributed by atoms with Crippen LogP contribution in [0.1, 0.15) is 24.4 Å². The third-order valence-corrected chi connectivity index (χ3v) is 4.00. The molecule has 1 saturated heterocycles. The Kier molecular flexibility index (Phi) is 5.73. The van der Waals surface area contributed by atoms with Gasteiger partial charge in [-0.2, -0.15) is 11.8 Å². The molecule has 1 aliphatic heterocycles. The van der Waals surface area contributed by atoms with Crippen LogP contribution in [0.25, 0.3) is 0 Å². The Balaban J connectivity index is 2.01. The molecule has 4 heteroatoms. The van der Waals surface area contributed by atoms with Gasteiger partial charge >= 0.3 is 0 Å². The zero-order valence-electron chi connectivity index (χ0n) is 11.5. The molecule has 104 valence electrons. The Labute approximate surface area is 119 Å². The van der Waals surface area contributed by atoms with E-state index in [4.69, 9.17) is 0 Å². The summed E-state index contributed by atoms with van der Waals surface area (Å²) in [6.45, 7) is 3.23. The van der Waals surface area contributed by atoms with E-state index in [1.165, 1.54) is 18.4 Å². The third kappa shape index (κ3) is 4.55. The summed E-state index contributed by atoms with van der Waals surface area (Å²) in [5.41, 5.74) is 1.20. The van der Waals surface area contributed by atoms with E-state index < -0.39 is 0 Å². The number of thioether (sulfide) groups is 1. The van der Waals surface area contributed by atoms with E-state index in [0.717, 1.165) is 19.6 Å². The van der Waals surface area contributed by atoms with Crippen molar-refractivity contribution < 1.29 is 4.79 Å². The number of nitrogens with one attached hydrogen (secondary N) is 1. The molecule has 2 rings (SSSR count). The van der Waals surface area contributed by atoms with E-state index in [-0.39, 0.29) is 11.9 Å². The predicted octanol–water partition coefficient (Wildman–Crippen LogP) is 2.30. The highest BCUT2D eigenvalue weighted by atomic mass is 32.2. The topological polar surface area (TPSA) is 32.3 Å². The average Bonchev–Trinajstić information content (AvgIpc) is 2.92. The van der Waals surface area contributed by atoms with Crippen molar-refractivity contribution in [1.82, 2.24) is 10.2 Å². The molecule has 0 aromatic heterocycles. The van der Waals surface area contributed by atoms with Crippen molar-refractivity contribution in [3.8, 4) is 0 Å². The number of amides is 1. The zero-order chi connectivity index (χ0) is 13.5. The van der Waals surface area contributed by atoms with Gasteiger partial charge in [0.05, 0.1) is 11.8 Å². The van der Waals surface area contributed by atoms with Crippen LogP contribution in [0.2, 0.25) is 0 Å². The highest BCUT2D eigenvalue weighted by Crippen LogP contribution is 2.17. The minimum atomic E-state index is 0.110. The molecule has 1 heterocycles. The van der Waals surface area contributed by atoms with Crippen LogP contribution in [-0.2, 0) is 4.79 Å². The molecule has 3 nitrogen and oxygen atoms in total. The fraction of sp³-hybridized carbons (Fsp3) is 0.533. The SMILES string of the molecule is CSCC(=O)NC(CN1CCCC1)c1ccccc1. The molecule has 19 heavy (non-hydrogen) atoms. The van der Waals surface area contributed by atoms with Gasteiger partial charge in [0.25, 0.3) is 0 Å². The van der Waals surface area contributed by atoms with Gasteiger partial charge in [0.15, 0.2) is 0 Å². The van der Waals surface area contributed by atoms with Crippen molar-refractivity contribution in [2.24, 2.45) is 0 Å². The molecule has 1 atom stereocenters. The van der Waals surface area contributed by atoms with E-state index in [2.05, 4.69) is 22.3 Å². The summed E-state index contributed by atoms with van der Waals surface area (Å²) in [6.07, 6.45) is 4.51. The Morgan fingerprint density at radius 2 is 2.00 bits per heavy atom. The van der Waals surface area contributed by atoms with E-state index >= 15 is 0 Å². The monoisotopic (exact) mass is 278 g/mol. The van der Waals surface area contributed by atoms with E-state index in [1.54, 1.807) is 11.8 Å². The average molecular weight is 278 g/mol. The van der Waals surface area contributed by atoms with Crippen LogP contribution in [0.5, 0.6) is 0 Å². The number of carbonyl (C=O) groups is 1. The van der Waals surface area contributed by atoms with Gasteiger partial charge in [-0.3, -0.25) is 4.79 Å². The Morgan fingerprint density at radius 3 is 2.63 bits per heavy atom. The molecule has 0 spiro atoms. The number of carbonyl (C=O) groups excluding carboxylic acids is 1. The Morgan fingerprint density at radius 1 is 1.32 bits per heavy atom. The summed E-state index contributed by atoms with van der Waals surface area (Å²) in [5.74, 6) is 0.657. The first-order valence-corrected chi connectivity index (χ1v) is 8.24. The van der Waals surface area contributed by atoms with Crippen molar-refractivity contribution in [2.75, 3.05) is 31.6 Å². The maximum atomic E-state index is 11.9. The van der Waals surface area contributed by atoms with Crippen molar-refractivity contribution in [2.45, 2.75) is 18.9 Å². The van der Waals surface area contributed by atoms with Crippen LogP contribution in [0.4, 0.5) is 0 Å². The molecule has 0 bridgehead atoms. The largest absolute Gasteiger partial charge is 0.347 e. The second kappa shape index (κ2) is 7.56. The molecule has 1 unspecified atom stereocenters. The molecular formula is C15H22N2OS. The minimum absolute atomic E-state index is 0.110. The molecule has 1 N–H and O–H groups in total. The lowest BCUT2D eigenvalue weighted by Crippen LogP contribution is -2.37. The number of likely N-dealkylation sites (tertiary alicyclic amines) is 1. The van der Waals surface area contributed by atoms with Gasteiger partial charge in [0, 0.05) is 6.54 Å². The molecule has 1 amide bonds. The predicted molar refractivity (Wildman–Crippen MR) is 81.4 cm³/mol. The van der Waals surface area contributed by atoms with Crippen molar-refractivity contribution >= 4 is 17.7 Å². The highest BCUT2D eigenvalue weighted by molar-refractivity contribution is 7.99. The zero-order valence-corrected chi connectivity index (χ0v) is 12.3. The van der Waals surface area contributed by atoms with Crippen LogP contribution in [0, 0.1) is 0 Å². The number of hydrogen-bond acceptors (Lipinski definition) is 3. The number of benzene rings is 1.